The SMILES string of the molecule is COCCNCC(C)NCc1cccnc1OC. The highest BCUT2D eigenvalue weighted by atomic mass is 16.5. The Morgan fingerprint density at radius 1 is 1.39 bits per heavy atom. The van der Waals surface area contributed by atoms with Crippen LogP contribution in [-0.2, 0) is 11.3 Å². The highest BCUT2D eigenvalue weighted by Crippen LogP contribution is 2.12. The van der Waals surface area contributed by atoms with E-state index in [0.717, 1.165) is 31.8 Å². The minimum Gasteiger partial charge on any atom is -0.481 e. The lowest BCUT2D eigenvalue weighted by molar-refractivity contribution is 0.198. The minimum absolute atomic E-state index is 0.381. The summed E-state index contributed by atoms with van der Waals surface area (Å²) in [4.78, 5) is 4.17. The maximum atomic E-state index is 5.21. The van der Waals surface area contributed by atoms with Gasteiger partial charge in [-0.15, -0.1) is 0 Å². The Hall–Kier alpha value is -1.17. The lowest BCUT2D eigenvalue weighted by atomic mass is 10.2. The lowest BCUT2D eigenvalue weighted by Crippen LogP contribution is -2.37. The van der Waals surface area contributed by atoms with Crippen LogP contribution in [0.3, 0.4) is 0 Å². The molecular weight excluding hydrogens is 230 g/mol. The van der Waals surface area contributed by atoms with E-state index < -0.39 is 0 Å². The summed E-state index contributed by atoms with van der Waals surface area (Å²) in [6.07, 6.45) is 1.73. The maximum absolute atomic E-state index is 5.21. The van der Waals surface area contributed by atoms with E-state index in [1.54, 1.807) is 20.4 Å². The van der Waals surface area contributed by atoms with Gasteiger partial charge in [-0.1, -0.05) is 6.07 Å². The lowest BCUT2D eigenvalue weighted by Gasteiger charge is -2.15. The molecule has 0 aliphatic carbocycles. The molecule has 1 atom stereocenters. The first-order chi connectivity index (χ1) is 8.77. The van der Waals surface area contributed by atoms with Crippen molar-refractivity contribution in [2.75, 3.05) is 33.9 Å². The van der Waals surface area contributed by atoms with Crippen LogP contribution in [-0.4, -0.2) is 44.9 Å². The summed E-state index contributed by atoms with van der Waals surface area (Å²) in [5, 5.41) is 6.74. The molecule has 0 aliphatic rings. The molecule has 0 bridgehead atoms. The van der Waals surface area contributed by atoms with Gasteiger partial charge in [0.1, 0.15) is 0 Å². The zero-order valence-electron chi connectivity index (χ0n) is 11.4. The Kier molecular flexibility index (Phi) is 7.32. The summed E-state index contributed by atoms with van der Waals surface area (Å²) in [6.45, 7) is 5.42. The number of rotatable bonds is 9. The van der Waals surface area contributed by atoms with Gasteiger partial charge in [0.25, 0.3) is 0 Å². The topological polar surface area (TPSA) is 55.4 Å². The van der Waals surface area contributed by atoms with E-state index >= 15 is 0 Å². The minimum atomic E-state index is 0.381. The Bertz CT molecular complexity index is 334. The molecule has 0 saturated heterocycles. The average Bonchev–Trinajstić information content (AvgIpc) is 2.41. The highest BCUT2D eigenvalue weighted by molar-refractivity contribution is 5.25. The maximum Gasteiger partial charge on any atom is 0.217 e. The first-order valence-electron chi connectivity index (χ1n) is 6.18. The number of hydrogen-bond acceptors (Lipinski definition) is 5. The van der Waals surface area contributed by atoms with Crippen molar-refractivity contribution in [3.8, 4) is 5.88 Å². The third-order valence-corrected chi connectivity index (χ3v) is 2.62. The molecule has 1 unspecified atom stereocenters. The zero-order valence-corrected chi connectivity index (χ0v) is 11.4. The molecule has 1 heterocycles. The standard InChI is InChI=1S/C13H23N3O2/c1-11(9-14-7-8-17-2)16-10-12-5-4-6-15-13(12)18-3/h4-6,11,14,16H,7-10H2,1-3H3. The van der Waals surface area contributed by atoms with E-state index in [-0.39, 0.29) is 0 Å². The first-order valence-corrected chi connectivity index (χ1v) is 6.18. The fourth-order valence-electron chi connectivity index (χ4n) is 1.59. The molecule has 18 heavy (non-hydrogen) atoms. The van der Waals surface area contributed by atoms with Gasteiger partial charge in [-0.3, -0.25) is 0 Å². The number of nitrogens with zero attached hydrogens (tertiary/aromatic N) is 1. The molecule has 0 aromatic carbocycles. The highest BCUT2D eigenvalue weighted by Gasteiger charge is 2.05. The van der Waals surface area contributed by atoms with Crippen LogP contribution in [0.4, 0.5) is 0 Å². The number of ether oxygens (including phenoxy) is 2. The van der Waals surface area contributed by atoms with Gasteiger partial charge in [-0.05, 0) is 13.0 Å². The third-order valence-electron chi connectivity index (χ3n) is 2.62. The molecule has 2 N–H and O–H groups in total. The van der Waals surface area contributed by atoms with Crippen molar-refractivity contribution in [3.05, 3.63) is 23.9 Å². The van der Waals surface area contributed by atoms with Gasteiger partial charge in [-0.25, -0.2) is 4.98 Å². The quantitative estimate of drug-likeness (QED) is 0.638. The third kappa shape index (κ3) is 5.44. The van der Waals surface area contributed by atoms with Crippen LogP contribution in [0.2, 0.25) is 0 Å². The molecule has 5 heteroatoms. The van der Waals surface area contributed by atoms with E-state index in [0.29, 0.717) is 11.9 Å². The van der Waals surface area contributed by atoms with Crippen molar-refractivity contribution in [3.63, 3.8) is 0 Å². The van der Waals surface area contributed by atoms with E-state index in [9.17, 15) is 0 Å². The normalized spacial score (nSPS) is 12.4. The van der Waals surface area contributed by atoms with Crippen LogP contribution in [0.15, 0.2) is 18.3 Å². The van der Waals surface area contributed by atoms with Crippen LogP contribution >= 0.6 is 0 Å². The zero-order chi connectivity index (χ0) is 13.2. The second kappa shape index (κ2) is 8.85. The molecule has 102 valence electrons. The molecule has 0 aliphatic heterocycles. The van der Waals surface area contributed by atoms with Crippen LogP contribution in [0.5, 0.6) is 5.88 Å². The van der Waals surface area contributed by atoms with Crippen molar-refractivity contribution in [1.82, 2.24) is 15.6 Å². The Morgan fingerprint density at radius 2 is 2.22 bits per heavy atom. The summed E-state index contributed by atoms with van der Waals surface area (Å²) in [7, 11) is 3.35. The van der Waals surface area contributed by atoms with Gasteiger partial charge in [0.15, 0.2) is 0 Å². The van der Waals surface area contributed by atoms with Crippen LogP contribution in [0.25, 0.3) is 0 Å². The fourth-order valence-corrected chi connectivity index (χ4v) is 1.59. The molecule has 0 amide bonds. The summed E-state index contributed by atoms with van der Waals surface area (Å²) < 4.78 is 10.2. The molecule has 1 aromatic heterocycles. The predicted octanol–water partition coefficient (Wildman–Crippen LogP) is 0.804. The summed E-state index contributed by atoms with van der Waals surface area (Å²) >= 11 is 0. The number of hydrogen-bond donors (Lipinski definition) is 2. The Balaban J connectivity index is 2.26. The van der Waals surface area contributed by atoms with E-state index in [1.807, 2.05) is 12.1 Å². The fraction of sp³-hybridized carbons (Fsp3) is 0.615. The second-order valence-electron chi connectivity index (χ2n) is 4.15. The molecular formula is C13H23N3O2. The van der Waals surface area contributed by atoms with Crippen LogP contribution in [0.1, 0.15) is 12.5 Å². The smallest absolute Gasteiger partial charge is 0.217 e. The van der Waals surface area contributed by atoms with Gasteiger partial charge in [0, 0.05) is 44.5 Å². The van der Waals surface area contributed by atoms with Crippen molar-refractivity contribution in [1.29, 1.82) is 0 Å². The Morgan fingerprint density at radius 3 is 2.94 bits per heavy atom. The van der Waals surface area contributed by atoms with E-state index in [1.165, 1.54) is 0 Å². The van der Waals surface area contributed by atoms with E-state index in [2.05, 4.69) is 22.5 Å². The van der Waals surface area contributed by atoms with E-state index in [4.69, 9.17) is 9.47 Å². The first kappa shape index (κ1) is 14.9. The molecule has 0 fully saturated rings. The van der Waals surface area contributed by atoms with Crippen molar-refractivity contribution >= 4 is 0 Å². The summed E-state index contributed by atoms with van der Waals surface area (Å²) in [5.74, 6) is 0.685. The largest absolute Gasteiger partial charge is 0.481 e. The summed E-state index contributed by atoms with van der Waals surface area (Å²) in [6, 6.07) is 4.32. The number of pyridine rings is 1. The average molecular weight is 253 g/mol. The second-order valence-corrected chi connectivity index (χ2v) is 4.15. The molecule has 0 saturated carbocycles. The number of nitrogens with one attached hydrogen (secondary N) is 2. The molecule has 0 spiro atoms. The molecule has 1 aromatic rings. The van der Waals surface area contributed by atoms with Crippen molar-refractivity contribution in [2.45, 2.75) is 19.5 Å². The van der Waals surface area contributed by atoms with Gasteiger partial charge < -0.3 is 20.1 Å². The van der Waals surface area contributed by atoms with Crippen LogP contribution in [0, 0.1) is 0 Å². The Labute approximate surface area is 109 Å². The number of aromatic nitrogens is 1. The molecule has 1 rings (SSSR count). The molecule has 0 radical (unpaired) electrons. The number of methoxy groups -OCH3 is 2. The monoisotopic (exact) mass is 253 g/mol. The predicted molar refractivity (Wildman–Crippen MR) is 71.8 cm³/mol. The van der Waals surface area contributed by atoms with Crippen molar-refractivity contribution < 1.29 is 9.47 Å². The van der Waals surface area contributed by atoms with Crippen LogP contribution < -0.4 is 15.4 Å². The van der Waals surface area contributed by atoms with Gasteiger partial charge in [0.2, 0.25) is 5.88 Å². The van der Waals surface area contributed by atoms with Crippen molar-refractivity contribution in [2.24, 2.45) is 0 Å². The summed E-state index contributed by atoms with van der Waals surface area (Å²) in [5.41, 5.74) is 1.07. The van der Waals surface area contributed by atoms with Gasteiger partial charge in [-0.2, -0.15) is 0 Å². The molecule has 5 nitrogen and oxygen atoms in total. The van der Waals surface area contributed by atoms with Gasteiger partial charge >= 0.3 is 0 Å². The van der Waals surface area contributed by atoms with Gasteiger partial charge in [0.05, 0.1) is 13.7 Å².